The summed E-state index contributed by atoms with van der Waals surface area (Å²) in [5.41, 5.74) is 0.0264. The van der Waals surface area contributed by atoms with E-state index in [1.165, 1.54) is 6.42 Å². The van der Waals surface area contributed by atoms with Gasteiger partial charge in [0.2, 0.25) is 0 Å². The predicted octanol–water partition coefficient (Wildman–Crippen LogP) is 0.456. The first-order chi connectivity index (χ1) is 7.65. The Balaban J connectivity index is 1.93. The maximum absolute atomic E-state index is 9.43. The van der Waals surface area contributed by atoms with Crippen LogP contribution in [-0.4, -0.2) is 32.5 Å². The molecule has 5 nitrogen and oxygen atoms in total. The van der Waals surface area contributed by atoms with Crippen LogP contribution in [0.1, 0.15) is 32.0 Å². The summed E-state index contributed by atoms with van der Waals surface area (Å²) in [4.78, 5) is 4.18. The number of rotatable bonds is 4. The number of nitrogens with zero attached hydrogens (tertiary/aromatic N) is 3. The number of hydrogen-bond acceptors (Lipinski definition) is 4. The van der Waals surface area contributed by atoms with E-state index in [1.807, 2.05) is 7.05 Å². The molecule has 90 valence electrons. The van der Waals surface area contributed by atoms with Gasteiger partial charge in [-0.1, -0.05) is 13.3 Å². The fourth-order valence-electron chi connectivity index (χ4n) is 2.47. The first-order valence-electron chi connectivity index (χ1n) is 5.83. The summed E-state index contributed by atoms with van der Waals surface area (Å²) in [6.45, 7) is 3.12. The molecule has 1 aliphatic carbocycles. The third-order valence-corrected chi connectivity index (χ3v) is 3.75. The van der Waals surface area contributed by atoms with Crippen molar-refractivity contribution in [3.8, 4) is 0 Å². The molecule has 2 N–H and O–H groups in total. The highest BCUT2D eigenvalue weighted by molar-refractivity contribution is 4.94. The molecule has 0 saturated heterocycles. The summed E-state index contributed by atoms with van der Waals surface area (Å²) in [5.74, 6) is 0.937. The SMILES string of the molecule is Cn1ncnc1CN[C@@H]1CCC[C@]1(C)CO. The molecular weight excluding hydrogens is 204 g/mol. The maximum atomic E-state index is 9.43. The molecule has 5 heteroatoms. The zero-order chi connectivity index (χ0) is 11.6. The lowest BCUT2D eigenvalue weighted by Crippen LogP contribution is -2.41. The van der Waals surface area contributed by atoms with Gasteiger partial charge in [0, 0.05) is 25.1 Å². The fraction of sp³-hybridized carbons (Fsp3) is 0.818. The Labute approximate surface area is 95.9 Å². The van der Waals surface area contributed by atoms with Crippen LogP contribution in [0.15, 0.2) is 6.33 Å². The molecule has 1 aliphatic rings. The van der Waals surface area contributed by atoms with Crippen LogP contribution in [0.25, 0.3) is 0 Å². The van der Waals surface area contributed by atoms with E-state index in [2.05, 4.69) is 22.3 Å². The molecule has 2 atom stereocenters. The zero-order valence-electron chi connectivity index (χ0n) is 9.98. The van der Waals surface area contributed by atoms with E-state index in [4.69, 9.17) is 0 Å². The Hall–Kier alpha value is -0.940. The molecule has 1 saturated carbocycles. The average Bonchev–Trinajstić information content (AvgIpc) is 2.83. The Bertz CT molecular complexity index is 352. The molecule has 0 amide bonds. The van der Waals surface area contributed by atoms with Crippen molar-refractivity contribution in [3.05, 3.63) is 12.2 Å². The fourth-order valence-corrected chi connectivity index (χ4v) is 2.47. The van der Waals surface area contributed by atoms with Crippen molar-refractivity contribution in [2.45, 2.75) is 38.8 Å². The quantitative estimate of drug-likeness (QED) is 0.779. The molecule has 1 aromatic rings. The summed E-state index contributed by atoms with van der Waals surface area (Å²) in [6.07, 6.45) is 4.99. The highest BCUT2D eigenvalue weighted by atomic mass is 16.3. The van der Waals surface area contributed by atoms with Crippen LogP contribution in [0.4, 0.5) is 0 Å². The lowest BCUT2D eigenvalue weighted by atomic mass is 9.86. The van der Waals surface area contributed by atoms with Crippen molar-refractivity contribution in [2.75, 3.05) is 6.61 Å². The van der Waals surface area contributed by atoms with Gasteiger partial charge in [-0.2, -0.15) is 5.10 Å². The lowest BCUT2D eigenvalue weighted by Gasteiger charge is -2.30. The van der Waals surface area contributed by atoms with Gasteiger partial charge in [0.05, 0.1) is 6.54 Å². The largest absolute Gasteiger partial charge is 0.396 e. The lowest BCUT2D eigenvalue weighted by molar-refractivity contribution is 0.118. The second kappa shape index (κ2) is 4.51. The van der Waals surface area contributed by atoms with Crippen LogP contribution in [0.2, 0.25) is 0 Å². The van der Waals surface area contributed by atoms with Gasteiger partial charge in [-0.05, 0) is 12.8 Å². The molecule has 0 bridgehead atoms. The van der Waals surface area contributed by atoms with E-state index in [0.29, 0.717) is 6.04 Å². The van der Waals surface area contributed by atoms with Crippen molar-refractivity contribution in [3.63, 3.8) is 0 Å². The van der Waals surface area contributed by atoms with Gasteiger partial charge in [0.1, 0.15) is 12.2 Å². The summed E-state index contributed by atoms with van der Waals surface area (Å²) in [5, 5.41) is 17.0. The van der Waals surface area contributed by atoms with E-state index in [-0.39, 0.29) is 12.0 Å². The van der Waals surface area contributed by atoms with E-state index < -0.39 is 0 Å². The summed E-state index contributed by atoms with van der Waals surface area (Å²) in [7, 11) is 1.89. The molecule has 2 rings (SSSR count). The van der Waals surface area contributed by atoms with Crippen molar-refractivity contribution < 1.29 is 5.11 Å². The topological polar surface area (TPSA) is 63.0 Å². The van der Waals surface area contributed by atoms with Gasteiger partial charge in [-0.25, -0.2) is 4.98 Å². The van der Waals surface area contributed by atoms with Crippen LogP contribution >= 0.6 is 0 Å². The average molecular weight is 224 g/mol. The Morgan fingerprint density at radius 2 is 2.50 bits per heavy atom. The van der Waals surface area contributed by atoms with Crippen LogP contribution in [-0.2, 0) is 13.6 Å². The van der Waals surface area contributed by atoms with Gasteiger partial charge in [0.15, 0.2) is 0 Å². The Kier molecular flexibility index (Phi) is 3.25. The first kappa shape index (κ1) is 11.5. The minimum atomic E-state index is 0.0264. The van der Waals surface area contributed by atoms with E-state index in [9.17, 15) is 5.11 Å². The number of hydrogen-bond donors (Lipinski definition) is 2. The molecular formula is C11H20N4O. The van der Waals surface area contributed by atoms with Crippen LogP contribution in [0.3, 0.4) is 0 Å². The first-order valence-corrected chi connectivity index (χ1v) is 5.83. The summed E-state index contributed by atoms with van der Waals surface area (Å²) in [6, 6.07) is 0.384. The monoisotopic (exact) mass is 224 g/mol. The van der Waals surface area contributed by atoms with Gasteiger partial charge >= 0.3 is 0 Å². The third kappa shape index (κ3) is 2.10. The number of nitrogens with one attached hydrogen (secondary N) is 1. The minimum absolute atomic E-state index is 0.0264. The maximum Gasteiger partial charge on any atom is 0.140 e. The van der Waals surface area contributed by atoms with E-state index in [0.717, 1.165) is 25.2 Å². The minimum Gasteiger partial charge on any atom is -0.396 e. The van der Waals surface area contributed by atoms with Gasteiger partial charge in [-0.3, -0.25) is 4.68 Å². The van der Waals surface area contributed by atoms with E-state index >= 15 is 0 Å². The van der Waals surface area contributed by atoms with Crippen molar-refractivity contribution >= 4 is 0 Å². The number of aliphatic hydroxyl groups excluding tert-OH is 1. The number of aryl methyl sites for hydroxylation is 1. The van der Waals surface area contributed by atoms with Crippen molar-refractivity contribution in [2.24, 2.45) is 12.5 Å². The van der Waals surface area contributed by atoms with Crippen LogP contribution < -0.4 is 5.32 Å². The standard InChI is InChI=1S/C11H20N4O/c1-11(7-16)5-3-4-9(11)12-6-10-13-8-14-15(10)2/h8-9,12,16H,3-7H2,1-2H3/t9-,11-/m1/s1. The highest BCUT2D eigenvalue weighted by Gasteiger charge is 2.37. The molecule has 0 aromatic carbocycles. The molecule has 0 unspecified atom stereocenters. The molecule has 0 spiro atoms. The van der Waals surface area contributed by atoms with Crippen molar-refractivity contribution in [1.29, 1.82) is 0 Å². The molecule has 0 radical (unpaired) electrons. The second-order valence-electron chi connectivity index (χ2n) is 4.94. The third-order valence-electron chi connectivity index (χ3n) is 3.75. The van der Waals surface area contributed by atoms with Crippen LogP contribution in [0.5, 0.6) is 0 Å². The molecule has 1 aromatic heterocycles. The normalized spacial score (nSPS) is 29.8. The zero-order valence-corrected chi connectivity index (χ0v) is 9.98. The van der Waals surface area contributed by atoms with Crippen LogP contribution in [0, 0.1) is 5.41 Å². The number of aliphatic hydroxyl groups is 1. The Morgan fingerprint density at radius 1 is 1.69 bits per heavy atom. The van der Waals surface area contributed by atoms with Gasteiger partial charge < -0.3 is 10.4 Å². The smallest absolute Gasteiger partial charge is 0.140 e. The van der Waals surface area contributed by atoms with E-state index in [1.54, 1.807) is 11.0 Å². The summed E-state index contributed by atoms with van der Waals surface area (Å²) < 4.78 is 1.78. The Morgan fingerprint density at radius 3 is 3.12 bits per heavy atom. The van der Waals surface area contributed by atoms with Crippen molar-refractivity contribution in [1.82, 2.24) is 20.1 Å². The molecule has 0 aliphatic heterocycles. The molecule has 1 heterocycles. The highest BCUT2D eigenvalue weighted by Crippen LogP contribution is 2.37. The summed E-state index contributed by atoms with van der Waals surface area (Å²) >= 11 is 0. The number of aromatic nitrogens is 3. The molecule has 1 fully saturated rings. The van der Waals surface area contributed by atoms with Gasteiger partial charge in [-0.15, -0.1) is 0 Å². The predicted molar refractivity (Wildman–Crippen MR) is 60.7 cm³/mol. The van der Waals surface area contributed by atoms with Gasteiger partial charge in [0.25, 0.3) is 0 Å². The second-order valence-corrected chi connectivity index (χ2v) is 4.94. The molecule has 16 heavy (non-hydrogen) atoms.